The molecule has 0 amide bonds. The van der Waals surface area contributed by atoms with Crippen LogP contribution in [-0.4, -0.2) is 31.5 Å². The Morgan fingerprint density at radius 3 is 2.25 bits per heavy atom. The van der Waals surface area contributed by atoms with E-state index in [4.69, 9.17) is 14.7 Å². The van der Waals surface area contributed by atoms with E-state index in [9.17, 15) is 30.7 Å². The first-order valence-corrected chi connectivity index (χ1v) is 9.52. The molecule has 0 aliphatic rings. The van der Waals surface area contributed by atoms with Crippen LogP contribution in [0.4, 0.5) is 30.7 Å². The van der Waals surface area contributed by atoms with Crippen molar-refractivity contribution < 1.29 is 40.2 Å². The molecule has 0 fully saturated rings. The van der Waals surface area contributed by atoms with E-state index in [1.165, 1.54) is 19.2 Å². The third-order valence-corrected chi connectivity index (χ3v) is 4.52. The lowest BCUT2D eigenvalue weighted by Crippen LogP contribution is -2.58. The standard InChI is InChI=1S/C19H13F7IN3O2/c1-31-15-7-14(27)6-13(9-29-30-19(25,26)17(20,21)18(22,23)24)16(15)32-10-12-4-2-11(8-28)3-5-12/h2-7,9,30H,10H2,1H3/b29-9-. The van der Waals surface area contributed by atoms with E-state index >= 15 is 0 Å². The number of hydrogen-bond donors (Lipinski definition) is 1. The van der Waals surface area contributed by atoms with Crippen molar-refractivity contribution in [3.05, 3.63) is 56.7 Å². The molecule has 0 bridgehead atoms. The minimum atomic E-state index is -6.49. The van der Waals surface area contributed by atoms with Gasteiger partial charge in [0.2, 0.25) is 0 Å². The molecule has 0 atom stereocenters. The first-order chi connectivity index (χ1) is 14.8. The van der Waals surface area contributed by atoms with E-state index in [1.807, 2.05) is 28.7 Å². The van der Waals surface area contributed by atoms with Gasteiger partial charge in [-0.2, -0.15) is 41.1 Å². The van der Waals surface area contributed by atoms with E-state index in [0.717, 1.165) is 0 Å². The van der Waals surface area contributed by atoms with Crippen molar-refractivity contribution in [1.82, 2.24) is 5.43 Å². The summed E-state index contributed by atoms with van der Waals surface area (Å²) in [6, 6.07) is 5.42. The third kappa shape index (κ3) is 5.72. The zero-order valence-electron chi connectivity index (χ0n) is 16.0. The number of alkyl halides is 7. The molecule has 0 aromatic heterocycles. The van der Waals surface area contributed by atoms with Gasteiger partial charge in [0.25, 0.3) is 0 Å². The average molecular weight is 575 g/mol. The number of methoxy groups -OCH3 is 1. The molecule has 1 N–H and O–H groups in total. The lowest BCUT2D eigenvalue weighted by atomic mass is 10.1. The topological polar surface area (TPSA) is 66.6 Å². The highest BCUT2D eigenvalue weighted by Gasteiger charge is 2.73. The van der Waals surface area contributed by atoms with Crippen LogP contribution in [-0.2, 0) is 6.61 Å². The molecular formula is C19H13F7IN3O2. The van der Waals surface area contributed by atoms with Gasteiger partial charge in [0.05, 0.1) is 25.0 Å². The molecule has 13 heteroatoms. The number of hydrogen-bond acceptors (Lipinski definition) is 5. The van der Waals surface area contributed by atoms with Gasteiger partial charge in [0.1, 0.15) is 6.61 Å². The van der Waals surface area contributed by atoms with Gasteiger partial charge in [-0.05, 0) is 52.4 Å². The normalized spacial score (nSPS) is 12.5. The molecule has 0 radical (unpaired) electrons. The molecule has 0 saturated carbocycles. The van der Waals surface area contributed by atoms with Crippen LogP contribution in [0.25, 0.3) is 0 Å². The summed E-state index contributed by atoms with van der Waals surface area (Å²) >= 11 is 1.84. The molecule has 0 saturated heterocycles. The van der Waals surface area contributed by atoms with Gasteiger partial charge >= 0.3 is 18.1 Å². The van der Waals surface area contributed by atoms with Crippen molar-refractivity contribution in [2.45, 2.75) is 24.8 Å². The molecule has 32 heavy (non-hydrogen) atoms. The van der Waals surface area contributed by atoms with Gasteiger partial charge in [-0.25, -0.2) is 5.43 Å². The number of nitriles is 1. The van der Waals surface area contributed by atoms with Crippen LogP contribution in [0, 0.1) is 14.9 Å². The Kier molecular flexibility index (Phi) is 7.81. The fourth-order valence-corrected chi connectivity index (χ4v) is 2.87. The Balaban J connectivity index is 2.28. The van der Waals surface area contributed by atoms with Crippen LogP contribution < -0.4 is 14.9 Å². The molecule has 2 rings (SSSR count). The second-order valence-electron chi connectivity index (χ2n) is 6.14. The minimum absolute atomic E-state index is 0.0197. The van der Waals surface area contributed by atoms with Gasteiger partial charge in [-0.1, -0.05) is 12.1 Å². The van der Waals surface area contributed by atoms with E-state index in [-0.39, 0.29) is 23.7 Å². The summed E-state index contributed by atoms with van der Waals surface area (Å²) in [5.74, 6) is -6.23. The zero-order chi connectivity index (χ0) is 24.2. The van der Waals surface area contributed by atoms with E-state index in [2.05, 4.69) is 5.10 Å². The van der Waals surface area contributed by atoms with E-state index in [1.54, 1.807) is 24.3 Å². The number of ether oxygens (including phenoxy) is 2. The Bertz CT molecular complexity index is 1020. The van der Waals surface area contributed by atoms with Crippen molar-refractivity contribution in [3.8, 4) is 17.6 Å². The van der Waals surface area contributed by atoms with Gasteiger partial charge in [-0.3, -0.25) is 0 Å². The van der Waals surface area contributed by atoms with Gasteiger partial charge in [0, 0.05) is 9.13 Å². The van der Waals surface area contributed by atoms with E-state index in [0.29, 0.717) is 26.3 Å². The summed E-state index contributed by atoms with van der Waals surface area (Å²) in [6.45, 7) is -0.0563. The second kappa shape index (κ2) is 9.80. The molecule has 0 aliphatic heterocycles. The molecule has 172 valence electrons. The maximum Gasteiger partial charge on any atom is 0.462 e. The molecule has 0 aliphatic carbocycles. The summed E-state index contributed by atoms with van der Waals surface area (Å²) in [6.07, 6.45) is -5.88. The van der Waals surface area contributed by atoms with E-state index < -0.39 is 18.1 Å². The summed E-state index contributed by atoms with van der Waals surface area (Å²) in [5, 5.41) is 11.7. The lowest BCUT2D eigenvalue weighted by molar-refractivity contribution is -0.361. The lowest BCUT2D eigenvalue weighted by Gasteiger charge is -2.27. The zero-order valence-corrected chi connectivity index (χ0v) is 18.1. The number of rotatable bonds is 8. The fraction of sp³-hybridized carbons (Fsp3) is 0.263. The van der Waals surface area contributed by atoms with Gasteiger partial charge < -0.3 is 9.47 Å². The number of hydrazone groups is 1. The first kappa shape index (κ1) is 25.5. The highest BCUT2D eigenvalue weighted by Crippen LogP contribution is 2.45. The first-order valence-electron chi connectivity index (χ1n) is 8.44. The molecule has 2 aromatic carbocycles. The summed E-state index contributed by atoms with van der Waals surface area (Å²) in [7, 11) is 1.29. The number of nitrogens with zero attached hydrogens (tertiary/aromatic N) is 2. The number of benzene rings is 2. The monoisotopic (exact) mass is 575 g/mol. The predicted octanol–water partition coefficient (Wildman–Crippen LogP) is 5.46. The fourth-order valence-electron chi connectivity index (χ4n) is 2.25. The van der Waals surface area contributed by atoms with Crippen molar-refractivity contribution in [2.24, 2.45) is 5.10 Å². The highest BCUT2D eigenvalue weighted by molar-refractivity contribution is 14.1. The van der Waals surface area contributed by atoms with Gasteiger partial charge in [0.15, 0.2) is 11.5 Å². The Morgan fingerprint density at radius 1 is 1.09 bits per heavy atom. The quantitative estimate of drug-likeness (QED) is 0.149. The third-order valence-electron chi connectivity index (χ3n) is 3.89. The van der Waals surface area contributed by atoms with Crippen LogP contribution in [0.5, 0.6) is 11.5 Å². The predicted molar refractivity (Wildman–Crippen MR) is 108 cm³/mol. The highest BCUT2D eigenvalue weighted by atomic mass is 127. The molecule has 5 nitrogen and oxygen atoms in total. The van der Waals surface area contributed by atoms with Gasteiger partial charge in [-0.15, -0.1) is 0 Å². The Labute approximate surface area is 190 Å². The van der Waals surface area contributed by atoms with Crippen molar-refractivity contribution >= 4 is 28.8 Å². The smallest absolute Gasteiger partial charge is 0.462 e. The minimum Gasteiger partial charge on any atom is -0.493 e. The molecule has 0 spiro atoms. The molecule has 0 heterocycles. The van der Waals surface area contributed by atoms with Crippen LogP contribution >= 0.6 is 22.6 Å². The summed E-state index contributed by atoms with van der Waals surface area (Å²) in [4.78, 5) is 0. The molecule has 0 unspecified atom stereocenters. The SMILES string of the molecule is COc1cc(I)cc(/C=N\NC(F)(F)C(F)(F)C(F)(F)F)c1OCc1ccc(C#N)cc1. The average Bonchev–Trinajstić information content (AvgIpc) is 2.71. The number of halogens is 8. The van der Waals surface area contributed by atoms with Crippen molar-refractivity contribution in [2.75, 3.05) is 7.11 Å². The van der Waals surface area contributed by atoms with Crippen LogP contribution in [0.15, 0.2) is 41.5 Å². The second-order valence-corrected chi connectivity index (χ2v) is 7.39. The van der Waals surface area contributed by atoms with Crippen molar-refractivity contribution in [1.29, 1.82) is 5.26 Å². The Hall–Kier alpha value is -2.76. The number of nitrogens with one attached hydrogen (secondary N) is 1. The summed E-state index contributed by atoms with van der Waals surface area (Å²) in [5.41, 5.74) is 1.57. The summed E-state index contributed by atoms with van der Waals surface area (Å²) < 4.78 is 101. The molecule has 2 aromatic rings. The van der Waals surface area contributed by atoms with Crippen LogP contribution in [0.2, 0.25) is 0 Å². The maximum atomic E-state index is 13.4. The Morgan fingerprint density at radius 2 is 1.72 bits per heavy atom. The van der Waals surface area contributed by atoms with Crippen LogP contribution in [0.1, 0.15) is 16.7 Å². The maximum absolute atomic E-state index is 13.4. The van der Waals surface area contributed by atoms with Crippen molar-refractivity contribution in [3.63, 3.8) is 0 Å². The molecular weight excluding hydrogens is 562 g/mol. The van der Waals surface area contributed by atoms with Crippen LogP contribution in [0.3, 0.4) is 0 Å². The largest absolute Gasteiger partial charge is 0.493 e.